The zero-order valence-corrected chi connectivity index (χ0v) is 7.91. The van der Waals surface area contributed by atoms with Crippen LogP contribution in [0.3, 0.4) is 0 Å². The van der Waals surface area contributed by atoms with Crippen LogP contribution in [0.25, 0.3) is 16.6 Å². The summed E-state index contributed by atoms with van der Waals surface area (Å²) in [5.41, 5.74) is 0. The van der Waals surface area contributed by atoms with E-state index in [-0.39, 0.29) is 0 Å². The Morgan fingerprint density at radius 1 is 1.07 bits per heavy atom. The van der Waals surface area contributed by atoms with E-state index >= 15 is 0 Å². The van der Waals surface area contributed by atoms with Gasteiger partial charge in [0.2, 0.25) is 0 Å². The normalized spacial score (nSPS) is 10.7. The lowest BCUT2D eigenvalue weighted by atomic mass is 10.2. The summed E-state index contributed by atoms with van der Waals surface area (Å²) in [7, 11) is 0. The molecule has 2 heterocycles. The minimum Gasteiger partial charge on any atom is -0.220 e. The first kappa shape index (κ1) is 8.11. The molecule has 3 rings (SSSR count). The molecule has 15 heavy (non-hydrogen) atoms. The monoisotopic (exact) mass is 196 g/mol. The summed E-state index contributed by atoms with van der Waals surface area (Å²) >= 11 is 0. The summed E-state index contributed by atoms with van der Waals surface area (Å²) in [6, 6.07) is 9.86. The van der Waals surface area contributed by atoms with Gasteiger partial charge in [-0.15, -0.1) is 5.10 Å². The van der Waals surface area contributed by atoms with E-state index in [2.05, 4.69) is 15.3 Å². The molecular weight excluding hydrogens is 188 g/mol. The van der Waals surface area contributed by atoms with Gasteiger partial charge in [-0.25, -0.2) is 4.68 Å². The van der Waals surface area contributed by atoms with Crippen molar-refractivity contribution >= 4 is 10.8 Å². The van der Waals surface area contributed by atoms with Crippen LogP contribution in [0.4, 0.5) is 0 Å². The molecule has 2 aromatic heterocycles. The van der Waals surface area contributed by atoms with Crippen molar-refractivity contribution in [1.82, 2.24) is 20.0 Å². The number of hydrogen-bond donors (Lipinski definition) is 0. The Morgan fingerprint density at radius 3 is 2.87 bits per heavy atom. The predicted octanol–water partition coefficient (Wildman–Crippen LogP) is 1.82. The number of benzene rings is 1. The highest BCUT2D eigenvalue weighted by Gasteiger charge is 2.04. The molecule has 0 saturated carbocycles. The van der Waals surface area contributed by atoms with Gasteiger partial charge < -0.3 is 0 Å². The van der Waals surface area contributed by atoms with E-state index in [0.717, 1.165) is 16.6 Å². The third kappa shape index (κ3) is 1.27. The molecule has 0 N–H and O–H groups in total. The average molecular weight is 196 g/mol. The summed E-state index contributed by atoms with van der Waals surface area (Å²) in [5, 5.41) is 14.3. The molecule has 0 fully saturated rings. The predicted molar refractivity (Wildman–Crippen MR) is 56.7 cm³/mol. The lowest BCUT2D eigenvalue weighted by Gasteiger charge is -2.03. The quantitative estimate of drug-likeness (QED) is 0.596. The summed E-state index contributed by atoms with van der Waals surface area (Å²) < 4.78 is 1.72. The lowest BCUT2D eigenvalue weighted by Crippen LogP contribution is -2.00. The third-order valence-electron chi connectivity index (χ3n) is 2.27. The zero-order chi connectivity index (χ0) is 10.1. The van der Waals surface area contributed by atoms with Crippen molar-refractivity contribution in [3.63, 3.8) is 0 Å². The Kier molecular flexibility index (Phi) is 1.71. The molecule has 4 nitrogen and oxygen atoms in total. The second-order valence-electron chi connectivity index (χ2n) is 3.21. The molecular formula is C11H8N4. The molecule has 0 amide bonds. The summed E-state index contributed by atoms with van der Waals surface area (Å²) in [4.78, 5) is 0. The van der Waals surface area contributed by atoms with E-state index in [1.165, 1.54) is 0 Å². The van der Waals surface area contributed by atoms with Crippen LogP contribution in [-0.2, 0) is 0 Å². The van der Waals surface area contributed by atoms with Gasteiger partial charge in [0.05, 0.1) is 6.20 Å². The van der Waals surface area contributed by atoms with Gasteiger partial charge in [-0.2, -0.15) is 10.2 Å². The van der Waals surface area contributed by atoms with Gasteiger partial charge in [0.1, 0.15) is 0 Å². The topological polar surface area (TPSA) is 43.6 Å². The van der Waals surface area contributed by atoms with E-state index in [4.69, 9.17) is 0 Å². The second-order valence-corrected chi connectivity index (χ2v) is 3.21. The molecule has 0 bridgehead atoms. The Bertz CT molecular complexity index is 581. The van der Waals surface area contributed by atoms with Crippen molar-refractivity contribution in [2.45, 2.75) is 0 Å². The van der Waals surface area contributed by atoms with Crippen molar-refractivity contribution in [1.29, 1.82) is 0 Å². The lowest BCUT2D eigenvalue weighted by molar-refractivity contribution is 0.825. The summed E-state index contributed by atoms with van der Waals surface area (Å²) in [6.07, 6.45) is 5.34. The molecule has 0 atom stereocenters. The molecule has 0 aliphatic carbocycles. The SMILES string of the molecule is c1ccc2c(-n3cccn3)nncc2c1. The van der Waals surface area contributed by atoms with Crippen LogP contribution in [0.2, 0.25) is 0 Å². The van der Waals surface area contributed by atoms with Crippen LogP contribution in [0.15, 0.2) is 48.9 Å². The fourth-order valence-electron chi connectivity index (χ4n) is 1.58. The van der Waals surface area contributed by atoms with E-state index in [1.807, 2.05) is 36.5 Å². The fraction of sp³-hybridized carbons (Fsp3) is 0. The molecule has 0 aliphatic heterocycles. The largest absolute Gasteiger partial charge is 0.220 e. The standard InChI is InChI=1S/C11H8N4/c1-2-5-10-9(4-1)8-12-14-11(10)15-7-3-6-13-15/h1-8H. The van der Waals surface area contributed by atoms with Crippen LogP contribution in [0.5, 0.6) is 0 Å². The van der Waals surface area contributed by atoms with Gasteiger partial charge in [-0.1, -0.05) is 24.3 Å². The molecule has 1 aromatic carbocycles. The van der Waals surface area contributed by atoms with Crippen LogP contribution in [-0.4, -0.2) is 20.0 Å². The molecule has 3 aromatic rings. The second kappa shape index (κ2) is 3.16. The highest BCUT2D eigenvalue weighted by molar-refractivity contribution is 5.87. The molecule has 0 saturated heterocycles. The van der Waals surface area contributed by atoms with Crippen molar-refractivity contribution in [3.8, 4) is 5.82 Å². The maximum Gasteiger partial charge on any atom is 0.183 e. The van der Waals surface area contributed by atoms with Crippen LogP contribution in [0.1, 0.15) is 0 Å². The van der Waals surface area contributed by atoms with Gasteiger partial charge >= 0.3 is 0 Å². The van der Waals surface area contributed by atoms with Crippen molar-refractivity contribution in [3.05, 3.63) is 48.9 Å². The van der Waals surface area contributed by atoms with Gasteiger partial charge in [0, 0.05) is 23.2 Å². The Balaban J connectivity index is 2.36. The first-order valence-electron chi connectivity index (χ1n) is 4.65. The van der Waals surface area contributed by atoms with E-state index in [1.54, 1.807) is 17.1 Å². The Hall–Kier alpha value is -2.23. The number of aromatic nitrogens is 4. The van der Waals surface area contributed by atoms with Gasteiger partial charge in [-0.3, -0.25) is 0 Å². The number of rotatable bonds is 1. The molecule has 0 aliphatic rings. The third-order valence-corrected chi connectivity index (χ3v) is 2.27. The maximum atomic E-state index is 4.15. The minimum absolute atomic E-state index is 0.762. The smallest absolute Gasteiger partial charge is 0.183 e. The fourth-order valence-corrected chi connectivity index (χ4v) is 1.58. The molecule has 72 valence electrons. The van der Waals surface area contributed by atoms with Gasteiger partial charge in [0.25, 0.3) is 0 Å². The Morgan fingerprint density at radius 2 is 2.00 bits per heavy atom. The molecule has 0 radical (unpaired) electrons. The van der Waals surface area contributed by atoms with Crippen molar-refractivity contribution in [2.75, 3.05) is 0 Å². The van der Waals surface area contributed by atoms with E-state index in [9.17, 15) is 0 Å². The van der Waals surface area contributed by atoms with Crippen LogP contribution in [0, 0.1) is 0 Å². The molecule has 4 heteroatoms. The highest BCUT2D eigenvalue weighted by atomic mass is 15.3. The van der Waals surface area contributed by atoms with E-state index < -0.39 is 0 Å². The average Bonchev–Trinajstić information content (AvgIpc) is 2.82. The summed E-state index contributed by atoms with van der Waals surface area (Å²) in [6.45, 7) is 0. The Labute approximate surface area is 86.2 Å². The highest BCUT2D eigenvalue weighted by Crippen LogP contribution is 2.17. The number of fused-ring (bicyclic) bond motifs is 1. The maximum absolute atomic E-state index is 4.15. The van der Waals surface area contributed by atoms with E-state index in [0.29, 0.717) is 0 Å². The van der Waals surface area contributed by atoms with Gasteiger partial charge in [-0.05, 0) is 6.07 Å². The zero-order valence-electron chi connectivity index (χ0n) is 7.91. The number of hydrogen-bond acceptors (Lipinski definition) is 3. The first-order valence-corrected chi connectivity index (χ1v) is 4.65. The first-order chi connectivity index (χ1) is 7.45. The molecule has 0 spiro atoms. The minimum atomic E-state index is 0.762. The number of nitrogens with zero attached hydrogens (tertiary/aromatic N) is 4. The van der Waals surface area contributed by atoms with Crippen LogP contribution < -0.4 is 0 Å². The van der Waals surface area contributed by atoms with Gasteiger partial charge in [0.15, 0.2) is 5.82 Å². The van der Waals surface area contributed by atoms with Crippen molar-refractivity contribution < 1.29 is 0 Å². The van der Waals surface area contributed by atoms with Crippen molar-refractivity contribution in [2.24, 2.45) is 0 Å². The summed E-state index contributed by atoms with van der Waals surface area (Å²) in [5.74, 6) is 0.762. The van der Waals surface area contributed by atoms with Crippen LogP contribution >= 0.6 is 0 Å². The molecule has 0 unspecified atom stereocenters.